The summed E-state index contributed by atoms with van der Waals surface area (Å²) in [5.41, 5.74) is 0.453. The Morgan fingerprint density at radius 1 is 0.833 bits per heavy atom. The summed E-state index contributed by atoms with van der Waals surface area (Å²) < 4.78 is 29.2. The first kappa shape index (κ1) is 28.9. The summed E-state index contributed by atoms with van der Waals surface area (Å²) in [4.78, 5) is 28.1. The number of carbonyl (C=O) groups excluding carboxylic acids is 2. The van der Waals surface area contributed by atoms with Gasteiger partial charge in [0.15, 0.2) is 0 Å². The molecule has 0 unspecified atom stereocenters. The van der Waals surface area contributed by atoms with Crippen LogP contribution in [0.5, 0.6) is 0 Å². The first-order valence-corrected chi connectivity index (χ1v) is 16.6. The van der Waals surface area contributed by atoms with Gasteiger partial charge in [0, 0.05) is 33.8 Å². The molecule has 3 N–H and O–H groups in total. The molecule has 4 aliphatic carbocycles. The minimum atomic E-state index is -3.80. The van der Waals surface area contributed by atoms with Crippen LogP contribution in [0.25, 0.3) is 10.8 Å². The van der Waals surface area contributed by atoms with E-state index in [1.54, 1.807) is 57.2 Å². The van der Waals surface area contributed by atoms with E-state index in [1.165, 1.54) is 19.3 Å². The van der Waals surface area contributed by atoms with Crippen LogP contribution in [0.1, 0.15) is 64.9 Å². The number of hydrogen-bond acceptors (Lipinski definition) is 4. The maximum atomic E-state index is 14.0. The topological polar surface area (TPSA) is 104 Å². The molecule has 4 bridgehead atoms. The van der Waals surface area contributed by atoms with E-state index in [1.807, 2.05) is 30.3 Å². The van der Waals surface area contributed by atoms with E-state index in [-0.39, 0.29) is 22.1 Å². The Balaban J connectivity index is 1.28. The number of sulfonamides is 1. The second-order valence-corrected chi connectivity index (χ2v) is 15.6. The summed E-state index contributed by atoms with van der Waals surface area (Å²) in [6, 6.07) is 19.3. The molecule has 1 atom stereocenters. The van der Waals surface area contributed by atoms with Gasteiger partial charge in [-0.15, -0.1) is 0 Å². The van der Waals surface area contributed by atoms with E-state index >= 15 is 0 Å². The van der Waals surface area contributed by atoms with Crippen molar-refractivity contribution in [2.45, 2.75) is 82.2 Å². The molecule has 3 aromatic carbocycles. The van der Waals surface area contributed by atoms with Crippen LogP contribution < -0.4 is 15.4 Å². The average Bonchev–Trinajstić information content (AvgIpc) is 2.91. The summed E-state index contributed by atoms with van der Waals surface area (Å²) in [5, 5.41) is 7.37. The highest BCUT2D eigenvalue weighted by atomic mass is 32.2. The van der Waals surface area contributed by atoms with Gasteiger partial charge in [-0.05, 0) is 94.7 Å². The largest absolute Gasteiger partial charge is 0.343 e. The first-order chi connectivity index (χ1) is 19.9. The number of fused-ring (bicyclic) bond motifs is 1. The van der Waals surface area contributed by atoms with Crippen LogP contribution in [0.15, 0.2) is 71.6 Å². The van der Waals surface area contributed by atoms with E-state index in [0.717, 1.165) is 24.8 Å². The number of anilines is 1. The van der Waals surface area contributed by atoms with Gasteiger partial charge in [-0.25, -0.2) is 13.1 Å². The predicted molar refractivity (Wildman–Crippen MR) is 165 cm³/mol. The molecule has 0 aliphatic heterocycles. The minimum absolute atomic E-state index is 0.0113. The van der Waals surface area contributed by atoms with E-state index in [9.17, 15) is 18.0 Å². The highest BCUT2D eigenvalue weighted by Crippen LogP contribution is 2.60. The van der Waals surface area contributed by atoms with Crippen molar-refractivity contribution in [3.63, 3.8) is 0 Å². The van der Waals surface area contributed by atoms with E-state index in [0.29, 0.717) is 40.6 Å². The van der Waals surface area contributed by atoms with Crippen LogP contribution in [0, 0.1) is 23.2 Å². The van der Waals surface area contributed by atoms with Crippen molar-refractivity contribution in [3.05, 3.63) is 72.3 Å². The van der Waals surface area contributed by atoms with Gasteiger partial charge in [0.1, 0.15) is 6.04 Å². The fourth-order valence-electron chi connectivity index (χ4n) is 8.06. The van der Waals surface area contributed by atoms with Gasteiger partial charge in [-0.1, -0.05) is 54.6 Å². The third kappa shape index (κ3) is 5.84. The maximum Gasteiger partial charge on any atom is 0.247 e. The van der Waals surface area contributed by atoms with Crippen molar-refractivity contribution >= 4 is 38.3 Å². The van der Waals surface area contributed by atoms with Crippen molar-refractivity contribution in [2.24, 2.45) is 23.2 Å². The molecule has 222 valence electrons. The van der Waals surface area contributed by atoms with Crippen molar-refractivity contribution in [2.75, 3.05) is 5.32 Å². The van der Waals surface area contributed by atoms with Crippen LogP contribution >= 0.6 is 0 Å². The van der Waals surface area contributed by atoms with Crippen LogP contribution in [0.2, 0.25) is 0 Å². The Morgan fingerprint density at radius 2 is 1.43 bits per heavy atom. The number of hydrogen-bond donors (Lipinski definition) is 3. The lowest BCUT2D eigenvalue weighted by Gasteiger charge is -2.55. The first-order valence-electron chi connectivity index (χ1n) is 15.1. The number of nitrogens with one attached hydrogen (secondary N) is 3. The molecule has 3 aromatic rings. The fraction of sp³-hybridized carbons (Fsp3) is 0.471. The Hall–Kier alpha value is -3.23. The molecule has 4 fully saturated rings. The zero-order chi connectivity index (χ0) is 29.7. The lowest BCUT2D eigenvalue weighted by molar-refractivity contribution is -0.148. The summed E-state index contributed by atoms with van der Waals surface area (Å²) in [7, 11) is -3.80. The van der Waals surface area contributed by atoms with Gasteiger partial charge >= 0.3 is 0 Å². The molecule has 7 nitrogen and oxygen atoms in total. The molecular formula is C34H41N3O4S. The number of carbonyl (C=O) groups is 2. The van der Waals surface area contributed by atoms with Crippen molar-refractivity contribution in [3.8, 4) is 0 Å². The van der Waals surface area contributed by atoms with Crippen LogP contribution in [0.4, 0.5) is 5.69 Å². The standard InChI is InChI=1S/C34H41N3O4S/c1-33(2,3)37-42(40,41)30-14-8-11-26-27(30)12-7-13-28(26)35-31(38)29(18-22-9-5-4-6-10-22)36-32(39)34-19-23-15-24(20-34)17-25(16-23)21-34/h4-14,23-25,29,37H,15-21H2,1-3H3,(H,35,38)(H,36,39)/t23?,24?,25?,29-,34?/m0/s1. The molecule has 0 radical (unpaired) electrons. The minimum Gasteiger partial charge on any atom is -0.343 e. The molecule has 0 aromatic heterocycles. The average molecular weight is 588 g/mol. The van der Waals surface area contributed by atoms with Gasteiger partial charge in [-0.3, -0.25) is 9.59 Å². The van der Waals surface area contributed by atoms with Gasteiger partial charge in [0.2, 0.25) is 21.8 Å². The van der Waals surface area contributed by atoms with Gasteiger partial charge in [0.25, 0.3) is 0 Å². The fourth-order valence-corrected chi connectivity index (χ4v) is 9.70. The number of rotatable bonds is 8. The SMILES string of the molecule is CC(C)(C)NS(=O)(=O)c1cccc2c(NC(=O)[C@H](Cc3ccccc3)NC(=O)C34CC5CC(CC(C5)C3)C4)cccc12. The molecule has 7 rings (SSSR count). The van der Waals surface area contributed by atoms with Crippen molar-refractivity contribution in [1.82, 2.24) is 10.0 Å². The summed E-state index contributed by atoms with van der Waals surface area (Å²) >= 11 is 0. The highest BCUT2D eigenvalue weighted by molar-refractivity contribution is 7.89. The summed E-state index contributed by atoms with van der Waals surface area (Å²) in [5.74, 6) is 1.56. The predicted octanol–water partition coefficient (Wildman–Crippen LogP) is 5.80. The number of amides is 2. The normalized spacial score (nSPS) is 25.7. The highest BCUT2D eigenvalue weighted by Gasteiger charge is 2.55. The quantitative estimate of drug-likeness (QED) is 0.310. The lowest BCUT2D eigenvalue weighted by Crippen LogP contribution is -2.57. The zero-order valence-corrected chi connectivity index (χ0v) is 25.5. The molecule has 8 heteroatoms. The Bertz CT molecular complexity index is 1580. The molecule has 0 heterocycles. The summed E-state index contributed by atoms with van der Waals surface area (Å²) in [6.45, 7) is 5.39. The zero-order valence-electron chi connectivity index (χ0n) is 24.7. The smallest absolute Gasteiger partial charge is 0.247 e. The lowest BCUT2D eigenvalue weighted by atomic mass is 9.49. The van der Waals surface area contributed by atoms with Gasteiger partial charge in [0.05, 0.1) is 4.90 Å². The molecular weight excluding hydrogens is 546 g/mol. The van der Waals surface area contributed by atoms with Crippen molar-refractivity contribution in [1.29, 1.82) is 0 Å². The third-order valence-electron chi connectivity index (χ3n) is 9.29. The third-order valence-corrected chi connectivity index (χ3v) is 11.1. The van der Waals surface area contributed by atoms with Crippen LogP contribution in [-0.4, -0.2) is 31.8 Å². The second-order valence-electron chi connectivity index (χ2n) is 13.9. The molecule has 42 heavy (non-hydrogen) atoms. The molecule has 2 amide bonds. The number of benzene rings is 3. The van der Waals surface area contributed by atoms with E-state index < -0.39 is 21.6 Å². The molecule has 4 saturated carbocycles. The Kier molecular flexibility index (Phi) is 7.42. The van der Waals surface area contributed by atoms with E-state index in [4.69, 9.17) is 0 Å². The van der Waals surface area contributed by atoms with Crippen LogP contribution in [0.3, 0.4) is 0 Å². The summed E-state index contributed by atoms with van der Waals surface area (Å²) in [6.07, 6.45) is 6.86. The second kappa shape index (κ2) is 10.8. The van der Waals surface area contributed by atoms with Crippen LogP contribution in [-0.2, 0) is 26.0 Å². The Labute approximate surface area is 248 Å². The van der Waals surface area contributed by atoms with Gasteiger partial charge < -0.3 is 10.6 Å². The van der Waals surface area contributed by atoms with Gasteiger partial charge in [-0.2, -0.15) is 0 Å². The molecule has 0 saturated heterocycles. The van der Waals surface area contributed by atoms with E-state index in [2.05, 4.69) is 15.4 Å². The monoisotopic (exact) mass is 587 g/mol. The molecule has 4 aliphatic rings. The molecule has 0 spiro atoms. The Morgan fingerprint density at radius 3 is 2.05 bits per heavy atom. The maximum absolute atomic E-state index is 14.0. The van der Waals surface area contributed by atoms with Crippen molar-refractivity contribution < 1.29 is 18.0 Å².